The van der Waals surface area contributed by atoms with Gasteiger partial charge in [-0.2, -0.15) is 8.78 Å². The van der Waals surface area contributed by atoms with E-state index in [2.05, 4.69) is 25.7 Å². The van der Waals surface area contributed by atoms with Crippen LogP contribution in [-0.4, -0.2) is 47.6 Å². The quantitative estimate of drug-likeness (QED) is 0.621. The van der Waals surface area contributed by atoms with Crippen LogP contribution in [0.4, 0.5) is 13.6 Å². The summed E-state index contributed by atoms with van der Waals surface area (Å²) >= 11 is 3.41. The number of benzene rings is 1. The molecule has 0 aliphatic carbocycles. The molecule has 0 spiro atoms. The summed E-state index contributed by atoms with van der Waals surface area (Å²) in [5.41, 5.74) is 2.12. The SMILES string of the molecule is CC(C)(C)OC(=O)N1C[C@@H](OC(F)F)C[C@H]1C1=NC=C(c2ccc(Br)cc2)C1. The second kappa shape index (κ2) is 8.29. The normalized spacial score (nSPS) is 22.5. The van der Waals surface area contributed by atoms with Gasteiger partial charge in [-0.3, -0.25) is 9.89 Å². The molecule has 1 fully saturated rings. The van der Waals surface area contributed by atoms with Gasteiger partial charge in [-0.15, -0.1) is 0 Å². The fourth-order valence-corrected chi connectivity index (χ4v) is 3.64. The summed E-state index contributed by atoms with van der Waals surface area (Å²) in [5, 5.41) is 0. The number of aliphatic imine (C=N–C) groups is 1. The van der Waals surface area contributed by atoms with Gasteiger partial charge in [-0.05, 0) is 44.0 Å². The van der Waals surface area contributed by atoms with Crippen molar-refractivity contribution in [2.75, 3.05) is 6.54 Å². The first-order chi connectivity index (χ1) is 13.1. The highest BCUT2D eigenvalue weighted by Gasteiger charge is 2.42. The lowest BCUT2D eigenvalue weighted by Gasteiger charge is -2.28. The highest BCUT2D eigenvalue weighted by Crippen LogP contribution is 2.32. The van der Waals surface area contributed by atoms with Crippen molar-refractivity contribution in [1.82, 2.24) is 4.90 Å². The Bertz CT molecular complexity index is 788. The highest BCUT2D eigenvalue weighted by molar-refractivity contribution is 9.10. The first-order valence-corrected chi connectivity index (χ1v) is 9.86. The van der Waals surface area contributed by atoms with Gasteiger partial charge in [-0.25, -0.2) is 4.79 Å². The minimum absolute atomic E-state index is 0.0521. The van der Waals surface area contributed by atoms with Crippen LogP contribution >= 0.6 is 15.9 Å². The van der Waals surface area contributed by atoms with Crippen molar-refractivity contribution < 1.29 is 23.0 Å². The monoisotopic (exact) mass is 456 g/mol. The highest BCUT2D eigenvalue weighted by atomic mass is 79.9. The molecule has 1 aromatic carbocycles. The van der Waals surface area contributed by atoms with Gasteiger partial charge in [0.1, 0.15) is 5.60 Å². The summed E-state index contributed by atoms with van der Waals surface area (Å²) < 4.78 is 36.5. The van der Waals surface area contributed by atoms with Crippen molar-refractivity contribution in [3.05, 3.63) is 40.5 Å². The maximum absolute atomic E-state index is 12.7. The number of nitrogens with zero attached hydrogens (tertiary/aromatic N) is 2. The Balaban J connectivity index is 1.74. The summed E-state index contributed by atoms with van der Waals surface area (Å²) in [6, 6.07) is 7.43. The predicted octanol–water partition coefficient (Wildman–Crippen LogP) is 5.25. The number of hydrogen-bond donors (Lipinski definition) is 0. The molecular formula is C20H23BrF2N2O3. The zero-order valence-corrected chi connectivity index (χ0v) is 17.6. The molecule has 3 rings (SSSR count). The number of carbonyl (C=O) groups excluding carboxylic acids is 1. The van der Waals surface area contributed by atoms with Gasteiger partial charge >= 0.3 is 12.7 Å². The number of ether oxygens (including phenoxy) is 2. The molecule has 0 radical (unpaired) electrons. The van der Waals surface area contributed by atoms with E-state index in [1.165, 1.54) is 4.90 Å². The van der Waals surface area contributed by atoms with Gasteiger partial charge < -0.3 is 9.47 Å². The number of halogens is 3. The van der Waals surface area contributed by atoms with E-state index in [4.69, 9.17) is 4.74 Å². The van der Waals surface area contributed by atoms with E-state index in [0.29, 0.717) is 6.42 Å². The van der Waals surface area contributed by atoms with Crippen LogP contribution in [-0.2, 0) is 9.47 Å². The Kier molecular flexibility index (Phi) is 6.19. The Morgan fingerprint density at radius 3 is 2.57 bits per heavy atom. The van der Waals surface area contributed by atoms with Crippen molar-refractivity contribution in [2.45, 2.75) is 58.0 Å². The molecule has 2 aliphatic rings. The van der Waals surface area contributed by atoms with Crippen molar-refractivity contribution in [2.24, 2.45) is 4.99 Å². The molecule has 1 amide bonds. The first kappa shape index (κ1) is 20.9. The van der Waals surface area contributed by atoms with Gasteiger partial charge in [-0.1, -0.05) is 28.1 Å². The smallest absolute Gasteiger partial charge is 0.410 e. The van der Waals surface area contributed by atoms with E-state index >= 15 is 0 Å². The Labute approximate surface area is 171 Å². The van der Waals surface area contributed by atoms with Crippen molar-refractivity contribution in [1.29, 1.82) is 0 Å². The zero-order chi connectivity index (χ0) is 20.5. The average Bonchev–Trinajstić information content (AvgIpc) is 3.20. The minimum Gasteiger partial charge on any atom is -0.444 e. The van der Waals surface area contributed by atoms with Crippen LogP contribution in [0.5, 0.6) is 0 Å². The molecule has 2 aliphatic heterocycles. The molecule has 8 heteroatoms. The Morgan fingerprint density at radius 1 is 1.29 bits per heavy atom. The third-order valence-electron chi connectivity index (χ3n) is 4.54. The van der Waals surface area contributed by atoms with Crippen LogP contribution in [0.1, 0.15) is 39.2 Å². The molecule has 5 nitrogen and oxygen atoms in total. The van der Waals surface area contributed by atoms with Crippen molar-refractivity contribution >= 4 is 33.3 Å². The van der Waals surface area contributed by atoms with Gasteiger partial charge in [0.2, 0.25) is 0 Å². The maximum Gasteiger partial charge on any atom is 0.410 e. The molecule has 0 N–H and O–H groups in total. The number of likely N-dealkylation sites (tertiary alicyclic amines) is 1. The molecule has 0 bridgehead atoms. The molecule has 1 aromatic rings. The summed E-state index contributed by atoms with van der Waals surface area (Å²) in [6.45, 7) is 2.47. The Hall–Kier alpha value is -1.80. The lowest BCUT2D eigenvalue weighted by molar-refractivity contribution is -0.158. The van der Waals surface area contributed by atoms with Crippen LogP contribution < -0.4 is 0 Å². The molecule has 152 valence electrons. The van der Waals surface area contributed by atoms with E-state index in [9.17, 15) is 13.6 Å². The molecule has 28 heavy (non-hydrogen) atoms. The third-order valence-corrected chi connectivity index (χ3v) is 5.07. The molecule has 1 saturated heterocycles. The van der Waals surface area contributed by atoms with Gasteiger partial charge in [0, 0.05) is 29.2 Å². The van der Waals surface area contributed by atoms with Crippen LogP contribution in [0.25, 0.3) is 5.57 Å². The van der Waals surface area contributed by atoms with E-state index in [-0.39, 0.29) is 13.0 Å². The summed E-state index contributed by atoms with van der Waals surface area (Å²) in [5.74, 6) is 0. The van der Waals surface area contributed by atoms with Crippen LogP contribution in [0.3, 0.4) is 0 Å². The molecule has 2 atom stereocenters. The topological polar surface area (TPSA) is 51.1 Å². The number of allylic oxidation sites excluding steroid dienone is 1. The predicted molar refractivity (Wildman–Crippen MR) is 106 cm³/mol. The number of amides is 1. The van der Waals surface area contributed by atoms with Crippen molar-refractivity contribution in [3.63, 3.8) is 0 Å². The van der Waals surface area contributed by atoms with Crippen molar-refractivity contribution in [3.8, 4) is 0 Å². The number of carbonyl (C=O) groups is 1. The summed E-state index contributed by atoms with van der Waals surface area (Å²) in [6.07, 6.45) is 1.29. The molecule has 0 saturated carbocycles. The summed E-state index contributed by atoms with van der Waals surface area (Å²) in [4.78, 5) is 18.6. The number of hydrogen-bond acceptors (Lipinski definition) is 4. The third kappa shape index (κ3) is 5.17. The second-order valence-corrected chi connectivity index (χ2v) is 8.78. The molecule has 2 heterocycles. The van der Waals surface area contributed by atoms with E-state index in [1.807, 2.05) is 24.3 Å². The fraction of sp³-hybridized carbons (Fsp3) is 0.500. The molecular weight excluding hydrogens is 434 g/mol. The largest absolute Gasteiger partial charge is 0.444 e. The first-order valence-electron chi connectivity index (χ1n) is 9.07. The van der Waals surface area contributed by atoms with Crippen LogP contribution in [0.2, 0.25) is 0 Å². The average molecular weight is 457 g/mol. The second-order valence-electron chi connectivity index (χ2n) is 7.86. The van der Waals surface area contributed by atoms with Crippen LogP contribution in [0.15, 0.2) is 39.9 Å². The van der Waals surface area contributed by atoms with E-state index in [1.54, 1.807) is 27.0 Å². The minimum atomic E-state index is -2.88. The lowest BCUT2D eigenvalue weighted by atomic mass is 9.98. The van der Waals surface area contributed by atoms with Gasteiger partial charge in [0.25, 0.3) is 0 Å². The fourth-order valence-electron chi connectivity index (χ4n) is 3.37. The Morgan fingerprint density at radius 2 is 1.96 bits per heavy atom. The van der Waals surface area contributed by atoms with E-state index in [0.717, 1.165) is 21.3 Å². The molecule has 0 unspecified atom stereocenters. The van der Waals surface area contributed by atoms with Crippen LogP contribution in [0, 0.1) is 0 Å². The molecule has 0 aromatic heterocycles. The van der Waals surface area contributed by atoms with Gasteiger partial charge in [0.05, 0.1) is 18.7 Å². The van der Waals surface area contributed by atoms with Gasteiger partial charge in [0.15, 0.2) is 0 Å². The number of rotatable bonds is 4. The zero-order valence-electron chi connectivity index (χ0n) is 16.0. The number of alkyl halides is 2. The summed E-state index contributed by atoms with van der Waals surface area (Å²) in [7, 11) is 0. The standard InChI is InChI=1S/C20H23BrF2N2O3/c1-20(2,3)28-19(26)25-11-15(27-18(22)23)9-17(25)16-8-13(10-24-16)12-4-6-14(21)7-5-12/h4-7,10,15,17-18H,8-9,11H2,1-3H3/t15-,17-/m0/s1. The van der Waals surface area contributed by atoms with E-state index < -0.39 is 30.5 Å². The maximum atomic E-state index is 12.7. The lowest BCUT2D eigenvalue weighted by Crippen LogP contribution is -2.43.